The van der Waals surface area contributed by atoms with Gasteiger partial charge in [0.05, 0.1) is 5.69 Å². The predicted molar refractivity (Wildman–Crippen MR) is 85.4 cm³/mol. The fraction of sp³-hybridized carbons (Fsp3) is 0. The highest BCUT2D eigenvalue weighted by Gasteiger charge is 2.15. The zero-order chi connectivity index (χ0) is 15.5. The minimum absolute atomic E-state index is 0.112. The smallest absolute Gasteiger partial charge is 0.163 e. The second-order valence-corrected chi connectivity index (χ2v) is 5.22. The molecular weight excluding hydrogens is 319 g/mol. The van der Waals surface area contributed by atoms with Gasteiger partial charge in [-0.2, -0.15) is 5.26 Å². The molecule has 0 unspecified atom stereocenters. The van der Waals surface area contributed by atoms with Gasteiger partial charge in [-0.1, -0.05) is 35.3 Å². The van der Waals surface area contributed by atoms with Crippen molar-refractivity contribution in [3.05, 3.63) is 64.5 Å². The van der Waals surface area contributed by atoms with Crippen LogP contribution in [0.5, 0.6) is 0 Å². The van der Waals surface area contributed by atoms with E-state index >= 15 is 0 Å². The Bertz CT molecular complexity index is 856. The van der Waals surface area contributed by atoms with Crippen molar-refractivity contribution in [2.45, 2.75) is 0 Å². The van der Waals surface area contributed by atoms with Crippen LogP contribution in [0.2, 0.25) is 10.2 Å². The van der Waals surface area contributed by atoms with Crippen LogP contribution in [0, 0.1) is 11.3 Å². The number of pyridine rings is 1. The van der Waals surface area contributed by atoms with Crippen LogP contribution in [-0.2, 0) is 0 Å². The van der Waals surface area contributed by atoms with Gasteiger partial charge in [-0.05, 0) is 24.3 Å². The van der Waals surface area contributed by atoms with Crippen molar-refractivity contribution < 1.29 is 0 Å². The van der Waals surface area contributed by atoms with Gasteiger partial charge in [-0.25, -0.2) is 9.97 Å². The van der Waals surface area contributed by atoms with Crippen molar-refractivity contribution in [1.82, 2.24) is 15.0 Å². The lowest BCUT2D eigenvalue weighted by Crippen LogP contribution is -1.98. The summed E-state index contributed by atoms with van der Waals surface area (Å²) >= 11 is 12.0. The van der Waals surface area contributed by atoms with Crippen LogP contribution in [-0.4, -0.2) is 15.0 Å². The molecule has 0 aliphatic rings. The fourth-order valence-corrected chi connectivity index (χ4v) is 2.31. The Kier molecular flexibility index (Phi) is 4.01. The van der Waals surface area contributed by atoms with Crippen LogP contribution in [0.3, 0.4) is 0 Å². The van der Waals surface area contributed by atoms with Crippen LogP contribution in [0.1, 0.15) is 5.56 Å². The van der Waals surface area contributed by atoms with Gasteiger partial charge in [0.2, 0.25) is 0 Å². The normalized spacial score (nSPS) is 10.2. The quantitative estimate of drug-likeness (QED) is 0.655. The largest absolute Gasteiger partial charge is 0.264 e. The number of aromatic nitrogens is 3. The molecule has 0 saturated carbocycles. The summed E-state index contributed by atoms with van der Waals surface area (Å²) in [4.78, 5) is 12.7. The number of halogens is 2. The second kappa shape index (κ2) is 6.10. The lowest BCUT2D eigenvalue weighted by Gasteiger charge is -2.08. The number of hydrogen-bond acceptors (Lipinski definition) is 4. The molecule has 3 aromatic rings. The molecule has 0 atom stereocenters. The van der Waals surface area contributed by atoms with Gasteiger partial charge in [-0.15, -0.1) is 0 Å². The number of hydrogen-bond donors (Lipinski definition) is 0. The number of nitriles is 1. The number of rotatable bonds is 2. The van der Waals surface area contributed by atoms with E-state index in [-0.39, 0.29) is 10.7 Å². The Morgan fingerprint density at radius 2 is 1.73 bits per heavy atom. The first-order chi connectivity index (χ1) is 10.7. The van der Waals surface area contributed by atoms with Crippen molar-refractivity contribution >= 4 is 23.2 Å². The molecule has 2 aromatic heterocycles. The van der Waals surface area contributed by atoms with Gasteiger partial charge in [0, 0.05) is 28.5 Å². The first kappa shape index (κ1) is 14.5. The molecule has 106 valence electrons. The highest BCUT2D eigenvalue weighted by atomic mass is 35.5. The Morgan fingerprint density at radius 1 is 0.955 bits per heavy atom. The van der Waals surface area contributed by atoms with E-state index in [4.69, 9.17) is 23.2 Å². The van der Waals surface area contributed by atoms with Gasteiger partial charge in [0.1, 0.15) is 11.6 Å². The van der Waals surface area contributed by atoms with E-state index in [1.807, 2.05) is 6.07 Å². The summed E-state index contributed by atoms with van der Waals surface area (Å²) in [6.45, 7) is 0. The van der Waals surface area contributed by atoms with Crippen molar-refractivity contribution in [2.24, 2.45) is 0 Å². The van der Waals surface area contributed by atoms with E-state index in [1.165, 1.54) is 0 Å². The molecule has 0 saturated heterocycles. The molecule has 0 aliphatic heterocycles. The number of benzene rings is 1. The van der Waals surface area contributed by atoms with E-state index in [0.29, 0.717) is 16.5 Å². The van der Waals surface area contributed by atoms with Gasteiger partial charge >= 0.3 is 0 Å². The highest BCUT2D eigenvalue weighted by Crippen LogP contribution is 2.29. The molecule has 1 aromatic carbocycles. The minimum atomic E-state index is 0.112. The standard InChI is InChI=1S/C16H8Cl2N4/c17-12-5-3-10(4-6-12)14-13(8-19)15(18)22-16(21-14)11-2-1-7-20-9-11/h1-7,9H. The van der Waals surface area contributed by atoms with Crippen molar-refractivity contribution in [2.75, 3.05) is 0 Å². The maximum atomic E-state index is 9.32. The molecular formula is C16H8Cl2N4. The van der Waals surface area contributed by atoms with Gasteiger partial charge in [0.15, 0.2) is 11.0 Å². The summed E-state index contributed by atoms with van der Waals surface area (Å²) in [7, 11) is 0. The summed E-state index contributed by atoms with van der Waals surface area (Å²) in [5.41, 5.74) is 2.18. The second-order valence-electron chi connectivity index (χ2n) is 4.42. The molecule has 0 spiro atoms. The third-order valence-electron chi connectivity index (χ3n) is 3.01. The number of nitrogens with zero attached hydrogens (tertiary/aromatic N) is 4. The fourth-order valence-electron chi connectivity index (χ4n) is 1.97. The van der Waals surface area contributed by atoms with E-state index in [0.717, 1.165) is 11.1 Å². The molecule has 22 heavy (non-hydrogen) atoms. The summed E-state index contributed by atoms with van der Waals surface area (Å²) < 4.78 is 0. The monoisotopic (exact) mass is 326 g/mol. The van der Waals surface area contributed by atoms with Crippen molar-refractivity contribution in [3.63, 3.8) is 0 Å². The SMILES string of the molecule is N#Cc1c(Cl)nc(-c2cccnc2)nc1-c1ccc(Cl)cc1. The molecule has 0 N–H and O–H groups in total. The maximum absolute atomic E-state index is 9.32. The van der Waals surface area contributed by atoms with Crippen LogP contribution >= 0.6 is 23.2 Å². The van der Waals surface area contributed by atoms with Crippen LogP contribution in [0.25, 0.3) is 22.6 Å². The van der Waals surface area contributed by atoms with Crippen LogP contribution < -0.4 is 0 Å². The summed E-state index contributed by atoms with van der Waals surface area (Å²) in [5, 5.41) is 10.0. The van der Waals surface area contributed by atoms with E-state index in [1.54, 1.807) is 42.7 Å². The molecule has 2 heterocycles. The van der Waals surface area contributed by atoms with E-state index in [2.05, 4.69) is 21.0 Å². The summed E-state index contributed by atoms with van der Waals surface area (Å²) in [6.07, 6.45) is 3.30. The summed E-state index contributed by atoms with van der Waals surface area (Å²) in [6, 6.07) is 12.7. The minimum Gasteiger partial charge on any atom is -0.264 e. The zero-order valence-corrected chi connectivity index (χ0v) is 12.7. The molecule has 0 bridgehead atoms. The maximum Gasteiger partial charge on any atom is 0.163 e. The molecule has 0 fully saturated rings. The zero-order valence-electron chi connectivity index (χ0n) is 11.2. The molecule has 6 heteroatoms. The lowest BCUT2D eigenvalue weighted by atomic mass is 10.1. The predicted octanol–water partition coefficient (Wildman–Crippen LogP) is 4.38. The van der Waals surface area contributed by atoms with Crippen LogP contribution in [0.15, 0.2) is 48.8 Å². The Balaban J connectivity index is 2.22. The molecule has 0 radical (unpaired) electrons. The Labute approximate surface area is 137 Å². The molecule has 3 rings (SSSR count). The van der Waals surface area contributed by atoms with E-state index < -0.39 is 0 Å². The van der Waals surface area contributed by atoms with E-state index in [9.17, 15) is 5.26 Å². The average molecular weight is 327 g/mol. The third kappa shape index (κ3) is 2.77. The highest BCUT2D eigenvalue weighted by molar-refractivity contribution is 6.31. The third-order valence-corrected chi connectivity index (χ3v) is 3.54. The molecule has 4 nitrogen and oxygen atoms in total. The van der Waals surface area contributed by atoms with Gasteiger partial charge in [0.25, 0.3) is 0 Å². The Hall–Kier alpha value is -2.48. The molecule has 0 amide bonds. The van der Waals surface area contributed by atoms with Gasteiger partial charge in [-0.3, -0.25) is 4.98 Å². The van der Waals surface area contributed by atoms with Crippen LogP contribution in [0.4, 0.5) is 0 Å². The average Bonchev–Trinajstić information content (AvgIpc) is 2.55. The topological polar surface area (TPSA) is 62.5 Å². The van der Waals surface area contributed by atoms with Gasteiger partial charge < -0.3 is 0 Å². The van der Waals surface area contributed by atoms with Crippen molar-refractivity contribution in [1.29, 1.82) is 5.26 Å². The molecule has 0 aliphatic carbocycles. The first-order valence-corrected chi connectivity index (χ1v) is 7.08. The Morgan fingerprint density at radius 3 is 2.36 bits per heavy atom. The lowest BCUT2D eigenvalue weighted by molar-refractivity contribution is 1.15. The first-order valence-electron chi connectivity index (χ1n) is 6.33. The van der Waals surface area contributed by atoms with Crippen molar-refractivity contribution in [3.8, 4) is 28.7 Å². The summed E-state index contributed by atoms with van der Waals surface area (Å²) in [5.74, 6) is 0.419.